The fraction of sp³-hybridized carbons (Fsp3) is 0.519. The van der Waals surface area contributed by atoms with Crippen LogP contribution in [0.1, 0.15) is 57.9 Å². The molecule has 2 aromatic rings. The highest BCUT2D eigenvalue weighted by Gasteiger charge is 2.62. The van der Waals surface area contributed by atoms with Crippen molar-refractivity contribution in [2.75, 3.05) is 26.2 Å². The number of likely N-dealkylation sites (tertiary alicyclic amines) is 1. The van der Waals surface area contributed by atoms with Crippen molar-refractivity contribution in [1.82, 2.24) is 9.80 Å². The highest BCUT2D eigenvalue weighted by atomic mass is 32.3. The molecule has 1 aromatic heterocycles. The highest BCUT2D eigenvalue weighted by Crippen LogP contribution is 2.70. The van der Waals surface area contributed by atoms with E-state index in [9.17, 15) is 14.4 Å². The first-order chi connectivity index (χ1) is 17.2. The van der Waals surface area contributed by atoms with Crippen LogP contribution in [0.2, 0.25) is 0 Å². The molecule has 1 spiro atoms. The first kappa shape index (κ1) is 25.3. The summed E-state index contributed by atoms with van der Waals surface area (Å²) in [6.45, 7) is 9.00. The number of thiophene rings is 1. The lowest BCUT2D eigenvalue weighted by molar-refractivity contribution is -0.132. The molecule has 1 unspecified atom stereocenters. The molecule has 3 aliphatic rings. The Balaban J connectivity index is 1.13. The standard InChI is InChI=1S/C27H34N2O5S2/c1-19-29(26(32)27(2,3)36(19)33-24(30)10-11-25(31)34-36)15-7-6-14-28-16-12-20(13-17-28)22-18-35-23-9-5-4-8-21(22)23/h4-5,8-11,18-20H,6-7,12-17H2,1-3H3. The molecule has 0 radical (unpaired) electrons. The maximum atomic E-state index is 13.3. The monoisotopic (exact) mass is 530 g/mol. The predicted molar refractivity (Wildman–Crippen MR) is 144 cm³/mol. The second kappa shape index (κ2) is 9.84. The molecule has 0 bridgehead atoms. The van der Waals surface area contributed by atoms with Gasteiger partial charge in [-0.25, -0.2) is 9.59 Å². The number of carbonyl (C=O) groups is 3. The van der Waals surface area contributed by atoms with Gasteiger partial charge in [0.25, 0.3) is 5.91 Å². The molecule has 0 saturated carbocycles. The summed E-state index contributed by atoms with van der Waals surface area (Å²) in [5.74, 6) is -0.772. The molecular weight excluding hydrogens is 496 g/mol. The first-order valence-electron chi connectivity index (χ1n) is 12.7. The Morgan fingerprint density at radius 1 is 1.00 bits per heavy atom. The normalized spacial score (nSPS) is 25.2. The average Bonchev–Trinajstić information content (AvgIpc) is 3.28. The van der Waals surface area contributed by atoms with E-state index in [-0.39, 0.29) is 5.91 Å². The molecule has 3 aliphatic heterocycles. The van der Waals surface area contributed by atoms with Crippen LogP contribution in [0, 0.1) is 0 Å². The van der Waals surface area contributed by atoms with Crippen molar-refractivity contribution < 1.29 is 22.7 Å². The summed E-state index contributed by atoms with van der Waals surface area (Å²) in [6.07, 6.45) is 6.32. The van der Waals surface area contributed by atoms with E-state index in [4.69, 9.17) is 8.37 Å². The van der Waals surface area contributed by atoms with Gasteiger partial charge in [0.15, 0.2) is 4.75 Å². The van der Waals surface area contributed by atoms with Crippen LogP contribution in [0.5, 0.6) is 0 Å². The number of rotatable bonds is 6. The van der Waals surface area contributed by atoms with E-state index in [2.05, 4.69) is 34.5 Å². The molecular formula is C27H34N2O5S2. The SMILES string of the molecule is CC1N(CCCCN2CCC(c3csc4ccccc34)CC2)C(=O)C(C)(C)S12OC(=O)C=CC(=O)O2. The van der Waals surface area contributed by atoms with Crippen LogP contribution in [0.3, 0.4) is 0 Å². The number of fused-ring (bicyclic) bond motifs is 1. The fourth-order valence-electron chi connectivity index (χ4n) is 5.71. The van der Waals surface area contributed by atoms with Crippen LogP contribution in [-0.4, -0.2) is 63.9 Å². The summed E-state index contributed by atoms with van der Waals surface area (Å²) in [7, 11) is -2.75. The third-order valence-corrected chi connectivity index (χ3v) is 12.4. The van der Waals surface area contributed by atoms with Gasteiger partial charge >= 0.3 is 11.9 Å². The van der Waals surface area contributed by atoms with E-state index in [1.54, 1.807) is 18.7 Å². The minimum absolute atomic E-state index is 0.128. The van der Waals surface area contributed by atoms with Gasteiger partial charge in [0.05, 0.1) is 0 Å². The number of amides is 1. The van der Waals surface area contributed by atoms with Crippen molar-refractivity contribution in [2.24, 2.45) is 0 Å². The lowest BCUT2D eigenvalue weighted by atomic mass is 9.89. The Hall–Kier alpha value is -2.36. The number of carbonyl (C=O) groups excluding carboxylic acids is 3. The minimum atomic E-state index is -2.75. The van der Waals surface area contributed by atoms with Crippen LogP contribution in [0.25, 0.3) is 10.1 Å². The molecule has 2 saturated heterocycles. The molecule has 1 amide bonds. The zero-order chi connectivity index (χ0) is 25.5. The minimum Gasteiger partial charge on any atom is -0.337 e. The van der Waals surface area contributed by atoms with Crippen molar-refractivity contribution in [1.29, 1.82) is 0 Å². The first-order valence-corrected chi connectivity index (χ1v) is 15.1. The molecule has 194 valence electrons. The number of nitrogens with zero attached hydrogens (tertiary/aromatic N) is 2. The van der Waals surface area contributed by atoms with Gasteiger partial charge in [-0.1, -0.05) is 28.8 Å². The maximum Gasteiger partial charge on any atom is 0.353 e. The summed E-state index contributed by atoms with van der Waals surface area (Å²) < 4.78 is 11.6. The highest BCUT2D eigenvalue weighted by molar-refractivity contribution is 8.28. The van der Waals surface area contributed by atoms with Crippen molar-refractivity contribution >= 4 is 49.9 Å². The van der Waals surface area contributed by atoms with Gasteiger partial charge in [0.2, 0.25) is 0 Å². The lowest BCUT2D eigenvalue weighted by Crippen LogP contribution is -2.38. The number of benzene rings is 1. The van der Waals surface area contributed by atoms with Gasteiger partial charge in [-0.15, -0.1) is 11.3 Å². The Morgan fingerprint density at radius 2 is 1.64 bits per heavy atom. The molecule has 1 atom stereocenters. The molecule has 0 N–H and O–H groups in total. The Bertz CT molecular complexity index is 1180. The molecule has 5 rings (SSSR count). The van der Waals surface area contributed by atoms with E-state index in [1.807, 2.05) is 18.3 Å². The lowest BCUT2D eigenvalue weighted by Gasteiger charge is -2.47. The van der Waals surface area contributed by atoms with E-state index in [0.29, 0.717) is 12.5 Å². The van der Waals surface area contributed by atoms with E-state index in [1.165, 1.54) is 28.5 Å². The second-order valence-electron chi connectivity index (χ2n) is 10.3. The smallest absolute Gasteiger partial charge is 0.337 e. The predicted octanol–water partition coefficient (Wildman–Crippen LogP) is 5.12. The fourth-order valence-corrected chi connectivity index (χ4v) is 9.83. The molecule has 7 nitrogen and oxygen atoms in total. The van der Waals surface area contributed by atoms with E-state index in [0.717, 1.165) is 44.6 Å². The summed E-state index contributed by atoms with van der Waals surface area (Å²) in [6, 6.07) is 8.69. The van der Waals surface area contributed by atoms with E-state index < -0.39 is 32.6 Å². The van der Waals surface area contributed by atoms with Gasteiger partial charge in [0, 0.05) is 23.4 Å². The number of piperidine rings is 1. The number of hydrogen-bond donors (Lipinski definition) is 0. The topological polar surface area (TPSA) is 76.2 Å². The summed E-state index contributed by atoms with van der Waals surface area (Å²) >= 11 is 1.84. The molecule has 1 aromatic carbocycles. The summed E-state index contributed by atoms with van der Waals surface area (Å²) in [5.41, 5.74) is 1.51. The average molecular weight is 531 g/mol. The molecule has 0 aliphatic carbocycles. The van der Waals surface area contributed by atoms with Gasteiger partial charge in [-0.2, -0.15) is 0 Å². The third-order valence-electron chi connectivity index (χ3n) is 7.80. The van der Waals surface area contributed by atoms with Gasteiger partial charge in [-0.05, 0) is 94.4 Å². The third kappa shape index (κ3) is 4.35. The van der Waals surface area contributed by atoms with Crippen molar-refractivity contribution in [3.05, 3.63) is 47.4 Å². The Kier molecular flexibility index (Phi) is 6.91. The number of unbranched alkanes of at least 4 members (excludes halogenated alkanes) is 1. The zero-order valence-corrected chi connectivity index (χ0v) is 22.7. The Morgan fingerprint density at radius 3 is 2.33 bits per heavy atom. The van der Waals surface area contributed by atoms with Crippen LogP contribution in [-0.2, 0) is 22.7 Å². The molecule has 4 heterocycles. The number of hydrogen-bond acceptors (Lipinski definition) is 7. The summed E-state index contributed by atoms with van der Waals surface area (Å²) in [4.78, 5) is 41.9. The van der Waals surface area contributed by atoms with Crippen molar-refractivity contribution in [3.63, 3.8) is 0 Å². The quantitative estimate of drug-likeness (QED) is 0.483. The molecule has 2 fully saturated rings. The Labute approximate surface area is 218 Å². The van der Waals surface area contributed by atoms with Gasteiger partial charge < -0.3 is 18.2 Å². The van der Waals surface area contributed by atoms with Crippen LogP contribution < -0.4 is 0 Å². The van der Waals surface area contributed by atoms with Gasteiger partial charge in [0.1, 0.15) is 5.37 Å². The van der Waals surface area contributed by atoms with Gasteiger partial charge in [-0.3, -0.25) is 4.79 Å². The zero-order valence-electron chi connectivity index (χ0n) is 21.1. The van der Waals surface area contributed by atoms with Crippen LogP contribution in [0.15, 0.2) is 41.8 Å². The molecule has 9 heteroatoms. The van der Waals surface area contributed by atoms with Crippen molar-refractivity contribution in [3.8, 4) is 0 Å². The van der Waals surface area contributed by atoms with E-state index >= 15 is 0 Å². The van der Waals surface area contributed by atoms with Crippen molar-refractivity contribution in [2.45, 2.75) is 62.5 Å². The summed E-state index contributed by atoms with van der Waals surface area (Å²) in [5, 5.41) is 3.27. The second-order valence-corrected chi connectivity index (χ2v) is 14.3. The maximum absolute atomic E-state index is 13.3. The van der Waals surface area contributed by atoms with Crippen LogP contribution >= 0.6 is 21.9 Å². The molecule has 36 heavy (non-hydrogen) atoms. The largest absolute Gasteiger partial charge is 0.353 e. The van der Waals surface area contributed by atoms with Crippen LogP contribution in [0.4, 0.5) is 0 Å².